The van der Waals surface area contributed by atoms with Crippen molar-refractivity contribution in [2.45, 2.75) is 57.5 Å². The second kappa shape index (κ2) is 8.37. The van der Waals surface area contributed by atoms with E-state index in [1.54, 1.807) is 0 Å². The Labute approximate surface area is 146 Å². The summed E-state index contributed by atoms with van der Waals surface area (Å²) >= 11 is 0. The Kier molecular flexibility index (Phi) is 5.95. The molecule has 1 aromatic heterocycles. The zero-order valence-corrected chi connectivity index (χ0v) is 14.4. The molecule has 1 amide bonds. The van der Waals surface area contributed by atoms with E-state index in [1.807, 2.05) is 0 Å². The second-order valence-electron chi connectivity index (χ2n) is 7.05. The molecular formula is C16H26N6O3. The molecule has 0 spiro atoms. The predicted octanol–water partition coefficient (Wildman–Crippen LogP) is 0.436. The minimum Gasteiger partial charge on any atom is -0.481 e. The van der Waals surface area contributed by atoms with Gasteiger partial charge in [-0.15, -0.1) is 10.2 Å². The first kappa shape index (κ1) is 17.8. The van der Waals surface area contributed by atoms with Crippen LogP contribution in [0.2, 0.25) is 0 Å². The van der Waals surface area contributed by atoms with Gasteiger partial charge in [0.05, 0.1) is 12.5 Å². The Morgan fingerprint density at radius 3 is 2.56 bits per heavy atom. The van der Waals surface area contributed by atoms with Crippen LogP contribution in [-0.2, 0) is 11.3 Å². The highest BCUT2D eigenvalue weighted by Gasteiger charge is 2.27. The molecule has 3 N–H and O–H groups in total. The smallest absolute Gasteiger partial charge is 0.306 e. The number of hydrogen-bond acceptors (Lipinski definition) is 6. The summed E-state index contributed by atoms with van der Waals surface area (Å²) in [4.78, 5) is 24.7. The lowest BCUT2D eigenvalue weighted by atomic mass is 9.86. The quantitative estimate of drug-likeness (QED) is 0.680. The van der Waals surface area contributed by atoms with Gasteiger partial charge < -0.3 is 15.7 Å². The van der Waals surface area contributed by atoms with Crippen molar-refractivity contribution in [2.24, 2.45) is 11.8 Å². The number of rotatable bonds is 6. The molecule has 2 heterocycles. The van der Waals surface area contributed by atoms with Crippen molar-refractivity contribution >= 4 is 11.9 Å². The van der Waals surface area contributed by atoms with Crippen LogP contribution in [0.5, 0.6) is 0 Å². The van der Waals surface area contributed by atoms with Gasteiger partial charge in [-0.25, -0.2) is 0 Å². The van der Waals surface area contributed by atoms with Crippen LogP contribution in [0.25, 0.3) is 0 Å². The molecule has 138 valence electrons. The molecule has 9 nitrogen and oxygen atoms in total. The average Bonchev–Trinajstić information content (AvgIpc) is 3.10. The maximum Gasteiger partial charge on any atom is 0.306 e. The molecule has 0 radical (unpaired) electrons. The maximum absolute atomic E-state index is 12.2. The molecule has 0 atom stereocenters. The number of piperidine rings is 1. The number of aryl methyl sites for hydroxylation is 1. The predicted molar refractivity (Wildman–Crippen MR) is 88.9 cm³/mol. The Morgan fingerprint density at radius 2 is 1.88 bits per heavy atom. The molecule has 3 rings (SSSR count). The van der Waals surface area contributed by atoms with E-state index in [1.165, 1.54) is 17.6 Å². The van der Waals surface area contributed by atoms with E-state index in [9.17, 15) is 9.59 Å². The highest BCUT2D eigenvalue weighted by atomic mass is 16.4. The van der Waals surface area contributed by atoms with E-state index in [-0.39, 0.29) is 23.7 Å². The molecule has 1 aliphatic carbocycles. The third kappa shape index (κ3) is 4.97. The molecule has 0 unspecified atom stereocenters. The third-order valence-electron chi connectivity index (χ3n) is 5.26. The van der Waals surface area contributed by atoms with Crippen molar-refractivity contribution in [1.82, 2.24) is 30.8 Å². The van der Waals surface area contributed by atoms with E-state index >= 15 is 0 Å². The highest BCUT2D eigenvalue weighted by Crippen LogP contribution is 2.24. The van der Waals surface area contributed by atoms with E-state index in [0.29, 0.717) is 38.1 Å². The fourth-order valence-electron chi connectivity index (χ4n) is 3.63. The summed E-state index contributed by atoms with van der Waals surface area (Å²) in [6.07, 6.45) is 5.87. The molecule has 1 saturated heterocycles. The van der Waals surface area contributed by atoms with Crippen molar-refractivity contribution in [1.29, 1.82) is 0 Å². The lowest BCUT2D eigenvalue weighted by Crippen LogP contribution is -2.39. The number of hydrogen-bond donors (Lipinski definition) is 3. The van der Waals surface area contributed by atoms with Gasteiger partial charge in [0, 0.05) is 6.04 Å². The summed E-state index contributed by atoms with van der Waals surface area (Å²) in [5, 5.41) is 27.2. The van der Waals surface area contributed by atoms with Gasteiger partial charge in [-0.2, -0.15) is 4.80 Å². The van der Waals surface area contributed by atoms with Crippen LogP contribution in [0.4, 0.5) is 0 Å². The summed E-state index contributed by atoms with van der Waals surface area (Å²) < 4.78 is 0. The van der Waals surface area contributed by atoms with Gasteiger partial charge in [0.15, 0.2) is 0 Å². The molecule has 1 saturated carbocycles. The maximum atomic E-state index is 12.2. The number of tetrazole rings is 1. The van der Waals surface area contributed by atoms with Crippen LogP contribution in [0, 0.1) is 11.8 Å². The summed E-state index contributed by atoms with van der Waals surface area (Å²) in [6.45, 7) is 2.80. The Morgan fingerprint density at radius 1 is 1.16 bits per heavy atom. The Balaban J connectivity index is 1.43. The molecule has 2 fully saturated rings. The first-order valence-electron chi connectivity index (χ1n) is 9.14. The molecular weight excluding hydrogens is 324 g/mol. The SMILES string of the molecule is O=C(NC1CCC(C(=O)O)CC1)c1nnn(CCC2CCNCC2)n1. The summed E-state index contributed by atoms with van der Waals surface area (Å²) in [5.41, 5.74) is 0. The first-order chi connectivity index (χ1) is 12.1. The van der Waals surface area contributed by atoms with Gasteiger partial charge in [0.2, 0.25) is 0 Å². The number of carbonyl (C=O) groups is 2. The fourth-order valence-corrected chi connectivity index (χ4v) is 3.63. The number of amides is 1. The molecule has 9 heteroatoms. The van der Waals surface area contributed by atoms with Gasteiger partial charge in [-0.1, -0.05) is 0 Å². The fraction of sp³-hybridized carbons (Fsp3) is 0.812. The van der Waals surface area contributed by atoms with E-state index in [0.717, 1.165) is 19.5 Å². The molecule has 1 aromatic rings. The Bertz CT molecular complexity index is 590. The number of nitrogens with one attached hydrogen (secondary N) is 2. The van der Waals surface area contributed by atoms with Gasteiger partial charge in [-0.05, 0) is 69.2 Å². The zero-order valence-electron chi connectivity index (χ0n) is 14.4. The number of carboxylic acids is 1. The van der Waals surface area contributed by atoms with Gasteiger partial charge >= 0.3 is 5.97 Å². The molecule has 0 aromatic carbocycles. The van der Waals surface area contributed by atoms with Gasteiger partial charge in [-0.3, -0.25) is 9.59 Å². The van der Waals surface area contributed by atoms with Gasteiger partial charge in [0.25, 0.3) is 11.7 Å². The summed E-state index contributed by atoms with van der Waals surface area (Å²) in [7, 11) is 0. The van der Waals surface area contributed by atoms with Crippen LogP contribution in [-0.4, -0.2) is 56.3 Å². The summed E-state index contributed by atoms with van der Waals surface area (Å²) in [5.74, 6) is -0.600. The van der Waals surface area contributed by atoms with Crippen molar-refractivity contribution in [3.63, 3.8) is 0 Å². The largest absolute Gasteiger partial charge is 0.481 e. The minimum atomic E-state index is -0.747. The van der Waals surface area contributed by atoms with Gasteiger partial charge in [0.1, 0.15) is 0 Å². The number of aliphatic carboxylic acids is 1. The van der Waals surface area contributed by atoms with Crippen LogP contribution < -0.4 is 10.6 Å². The first-order valence-corrected chi connectivity index (χ1v) is 9.14. The number of carbonyl (C=O) groups excluding carboxylic acids is 1. The van der Waals surface area contributed by atoms with E-state index in [2.05, 4.69) is 26.0 Å². The van der Waals surface area contributed by atoms with Crippen LogP contribution in [0.3, 0.4) is 0 Å². The van der Waals surface area contributed by atoms with Crippen LogP contribution in [0.15, 0.2) is 0 Å². The number of carboxylic acid groups (broad SMARTS) is 1. The minimum absolute atomic E-state index is 0.00945. The number of nitrogens with zero attached hydrogens (tertiary/aromatic N) is 4. The van der Waals surface area contributed by atoms with Crippen LogP contribution >= 0.6 is 0 Å². The standard InChI is InChI=1S/C16H26N6O3/c23-15(18-13-3-1-12(2-4-13)16(24)25)14-19-21-22(20-14)10-7-11-5-8-17-9-6-11/h11-13,17H,1-10H2,(H,18,23)(H,24,25). The van der Waals surface area contributed by atoms with E-state index < -0.39 is 5.97 Å². The molecule has 2 aliphatic rings. The summed E-state index contributed by atoms with van der Waals surface area (Å²) in [6, 6.07) is -0.00945. The molecule has 0 bridgehead atoms. The third-order valence-corrected chi connectivity index (χ3v) is 5.26. The monoisotopic (exact) mass is 350 g/mol. The second-order valence-corrected chi connectivity index (χ2v) is 7.05. The van der Waals surface area contributed by atoms with Crippen molar-refractivity contribution in [3.05, 3.63) is 5.82 Å². The topological polar surface area (TPSA) is 122 Å². The lowest BCUT2D eigenvalue weighted by molar-refractivity contribution is -0.142. The highest BCUT2D eigenvalue weighted by molar-refractivity contribution is 5.90. The van der Waals surface area contributed by atoms with Crippen molar-refractivity contribution in [2.75, 3.05) is 13.1 Å². The molecule has 1 aliphatic heterocycles. The molecule has 25 heavy (non-hydrogen) atoms. The van der Waals surface area contributed by atoms with E-state index in [4.69, 9.17) is 5.11 Å². The number of aromatic nitrogens is 4. The van der Waals surface area contributed by atoms with Crippen molar-refractivity contribution < 1.29 is 14.7 Å². The van der Waals surface area contributed by atoms with Crippen molar-refractivity contribution in [3.8, 4) is 0 Å². The average molecular weight is 350 g/mol. The van der Waals surface area contributed by atoms with Crippen LogP contribution in [0.1, 0.15) is 55.6 Å². The normalized spacial score (nSPS) is 24.8. The lowest BCUT2D eigenvalue weighted by Gasteiger charge is -2.26. The Hall–Kier alpha value is -2.03. The zero-order chi connectivity index (χ0) is 17.6.